The van der Waals surface area contributed by atoms with Gasteiger partial charge in [-0.25, -0.2) is 4.98 Å². The van der Waals surface area contributed by atoms with E-state index in [0.717, 1.165) is 69.6 Å². The highest BCUT2D eigenvalue weighted by atomic mass is 19.4. The summed E-state index contributed by atoms with van der Waals surface area (Å²) in [4.78, 5) is 24.4. The topological polar surface area (TPSA) is 48.5 Å². The van der Waals surface area contributed by atoms with Crippen LogP contribution in [0.5, 0.6) is 0 Å². The Kier molecular flexibility index (Phi) is 8.12. The number of carbonyl (C=O) groups excluding carboxylic acids is 1. The number of aromatic nitrogens is 1. The molecule has 7 rings (SSSR count). The minimum atomic E-state index is -4.49. The number of benzene rings is 3. The normalized spacial score (nSPS) is 19.4. The molecule has 4 aromatic rings. The molecule has 8 heteroatoms. The van der Waals surface area contributed by atoms with Crippen molar-refractivity contribution >= 4 is 16.8 Å². The average Bonchev–Trinajstić information content (AvgIpc) is 3.85. The van der Waals surface area contributed by atoms with Crippen LogP contribution in [0.2, 0.25) is 0 Å². The summed E-state index contributed by atoms with van der Waals surface area (Å²) in [6, 6.07) is 23.4. The monoisotopic (exact) mass is 612 g/mol. The van der Waals surface area contributed by atoms with Crippen molar-refractivity contribution in [2.24, 2.45) is 0 Å². The summed E-state index contributed by atoms with van der Waals surface area (Å²) < 4.78 is 41.6. The number of likely N-dealkylation sites (tertiary alicyclic amines) is 2. The summed E-state index contributed by atoms with van der Waals surface area (Å²) in [6.45, 7) is 4.49. The van der Waals surface area contributed by atoms with E-state index in [2.05, 4.69) is 15.1 Å². The summed E-state index contributed by atoms with van der Waals surface area (Å²) in [5.41, 5.74) is 2.49. The molecule has 1 amide bonds. The van der Waals surface area contributed by atoms with E-state index in [1.54, 1.807) is 6.07 Å². The van der Waals surface area contributed by atoms with Crippen LogP contribution in [0, 0.1) is 0 Å². The molecule has 0 radical (unpaired) electrons. The highest BCUT2D eigenvalue weighted by molar-refractivity contribution is 6.09. The minimum absolute atomic E-state index is 0.207. The Labute approximate surface area is 262 Å². The zero-order chi connectivity index (χ0) is 31.0. The molecule has 0 spiro atoms. The van der Waals surface area contributed by atoms with Crippen LogP contribution < -0.4 is 5.32 Å². The van der Waals surface area contributed by atoms with Gasteiger partial charge in [-0.1, -0.05) is 67.1 Å². The lowest BCUT2D eigenvalue weighted by molar-refractivity contribution is -0.137. The van der Waals surface area contributed by atoms with Gasteiger partial charge in [-0.2, -0.15) is 13.2 Å². The second kappa shape index (κ2) is 12.2. The molecule has 3 aliphatic rings. The van der Waals surface area contributed by atoms with Gasteiger partial charge in [0.25, 0.3) is 5.91 Å². The third-order valence-corrected chi connectivity index (χ3v) is 9.96. The quantitative estimate of drug-likeness (QED) is 0.232. The number of amides is 1. The Bertz CT molecular complexity index is 1670. The van der Waals surface area contributed by atoms with Crippen molar-refractivity contribution in [1.82, 2.24) is 20.1 Å². The number of nitrogens with one attached hydrogen (secondary N) is 1. The number of piperidine rings is 2. The molecule has 234 valence electrons. The molecule has 5 nitrogen and oxygen atoms in total. The molecule has 3 heterocycles. The van der Waals surface area contributed by atoms with E-state index in [1.165, 1.54) is 25.3 Å². The standard InChI is InChI=1S/C37H39F3N4O/c38-37(39,40)28-13-9-10-26(24-28)34-31(25-43-22-16-29(17-23-43)44-20-7-2-8-21-44)33(30-14-5-6-15-32(30)41-34)35(45)42-36(18-19-36)27-11-3-1-4-12-27/h1,3-6,9-15,24,29H,2,7-8,16-23,25H2,(H,42,45). The summed E-state index contributed by atoms with van der Waals surface area (Å²) in [5.74, 6) is -0.207. The zero-order valence-electron chi connectivity index (χ0n) is 25.5. The van der Waals surface area contributed by atoms with E-state index in [4.69, 9.17) is 4.98 Å². The van der Waals surface area contributed by atoms with Crippen molar-refractivity contribution in [3.05, 3.63) is 101 Å². The number of pyridine rings is 1. The maximum absolute atomic E-state index is 14.5. The van der Waals surface area contributed by atoms with Crippen LogP contribution >= 0.6 is 0 Å². The van der Waals surface area contributed by atoms with Crippen molar-refractivity contribution in [3.8, 4) is 11.3 Å². The van der Waals surface area contributed by atoms with Gasteiger partial charge in [0, 0.05) is 29.1 Å². The number of nitrogens with zero attached hydrogens (tertiary/aromatic N) is 3. The second-order valence-corrected chi connectivity index (χ2v) is 12.9. The lowest BCUT2D eigenvalue weighted by Crippen LogP contribution is -2.46. The minimum Gasteiger partial charge on any atom is -0.342 e. The molecule has 1 aromatic heterocycles. The zero-order valence-corrected chi connectivity index (χ0v) is 25.5. The summed E-state index contributed by atoms with van der Waals surface area (Å²) in [5, 5.41) is 4.08. The van der Waals surface area contributed by atoms with E-state index in [1.807, 2.05) is 54.6 Å². The SMILES string of the molecule is O=C(NC1(c2ccccc2)CC1)c1c(CN2CCC(N3CCCCC3)CC2)c(-c2cccc(C(F)(F)F)c2)nc2ccccc12. The van der Waals surface area contributed by atoms with E-state index in [-0.39, 0.29) is 5.91 Å². The molecule has 1 saturated carbocycles. The molecule has 45 heavy (non-hydrogen) atoms. The van der Waals surface area contributed by atoms with Crippen LogP contribution in [0.15, 0.2) is 78.9 Å². The molecule has 1 N–H and O–H groups in total. The molecular weight excluding hydrogens is 573 g/mol. The van der Waals surface area contributed by atoms with Gasteiger partial charge in [0.2, 0.25) is 0 Å². The van der Waals surface area contributed by atoms with Crippen LogP contribution in [-0.4, -0.2) is 52.9 Å². The molecule has 2 aliphatic heterocycles. The third-order valence-electron chi connectivity index (χ3n) is 9.96. The Morgan fingerprint density at radius 3 is 2.29 bits per heavy atom. The number of hydrogen-bond acceptors (Lipinski definition) is 4. The van der Waals surface area contributed by atoms with E-state index in [9.17, 15) is 18.0 Å². The summed E-state index contributed by atoms with van der Waals surface area (Å²) >= 11 is 0. The van der Waals surface area contributed by atoms with Gasteiger partial charge in [-0.15, -0.1) is 0 Å². The Morgan fingerprint density at radius 1 is 0.867 bits per heavy atom. The van der Waals surface area contributed by atoms with Crippen LogP contribution in [0.1, 0.15) is 72.0 Å². The van der Waals surface area contributed by atoms with Crippen molar-refractivity contribution in [2.45, 2.75) is 69.2 Å². The smallest absolute Gasteiger partial charge is 0.342 e. The molecular formula is C37H39F3N4O. The molecule has 1 aliphatic carbocycles. The molecule has 2 saturated heterocycles. The number of halogens is 3. The van der Waals surface area contributed by atoms with Gasteiger partial charge in [0.15, 0.2) is 0 Å². The summed E-state index contributed by atoms with van der Waals surface area (Å²) in [6.07, 6.45) is 3.09. The van der Waals surface area contributed by atoms with E-state index in [0.29, 0.717) is 45.9 Å². The van der Waals surface area contributed by atoms with Crippen molar-refractivity contribution in [1.29, 1.82) is 0 Å². The fraction of sp³-hybridized carbons (Fsp3) is 0.405. The molecule has 0 bridgehead atoms. The predicted molar refractivity (Wildman–Crippen MR) is 171 cm³/mol. The average molecular weight is 613 g/mol. The predicted octanol–water partition coefficient (Wildman–Crippen LogP) is 7.79. The van der Waals surface area contributed by atoms with Gasteiger partial charge in [-0.3, -0.25) is 9.69 Å². The van der Waals surface area contributed by atoms with Crippen molar-refractivity contribution in [2.75, 3.05) is 26.2 Å². The highest BCUT2D eigenvalue weighted by Crippen LogP contribution is 2.46. The number of carbonyl (C=O) groups is 1. The van der Waals surface area contributed by atoms with Gasteiger partial charge < -0.3 is 10.2 Å². The van der Waals surface area contributed by atoms with Crippen LogP contribution in [-0.2, 0) is 18.3 Å². The second-order valence-electron chi connectivity index (χ2n) is 12.9. The first kappa shape index (κ1) is 29.9. The van der Waals surface area contributed by atoms with Crippen LogP contribution in [0.3, 0.4) is 0 Å². The Morgan fingerprint density at radius 2 is 1.58 bits per heavy atom. The molecule has 3 fully saturated rings. The van der Waals surface area contributed by atoms with Crippen LogP contribution in [0.4, 0.5) is 13.2 Å². The highest BCUT2D eigenvalue weighted by Gasteiger charge is 2.46. The van der Waals surface area contributed by atoms with E-state index >= 15 is 0 Å². The van der Waals surface area contributed by atoms with Gasteiger partial charge in [0.1, 0.15) is 0 Å². The summed E-state index contributed by atoms with van der Waals surface area (Å²) in [7, 11) is 0. The maximum Gasteiger partial charge on any atom is 0.416 e. The van der Waals surface area contributed by atoms with Gasteiger partial charge in [-0.05, 0) is 88.5 Å². The molecule has 0 unspecified atom stereocenters. The first-order valence-corrected chi connectivity index (χ1v) is 16.2. The third kappa shape index (κ3) is 6.23. The van der Waals surface area contributed by atoms with Crippen LogP contribution in [0.25, 0.3) is 22.2 Å². The first-order valence-electron chi connectivity index (χ1n) is 16.2. The van der Waals surface area contributed by atoms with E-state index < -0.39 is 17.3 Å². The number of alkyl halides is 3. The number of para-hydroxylation sites is 1. The van der Waals surface area contributed by atoms with Gasteiger partial charge >= 0.3 is 6.18 Å². The Hall–Kier alpha value is -3.75. The van der Waals surface area contributed by atoms with Crippen molar-refractivity contribution < 1.29 is 18.0 Å². The fourth-order valence-corrected chi connectivity index (χ4v) is 7.34. The maximum atomic E-state index is 14.5. The lowest BCUT2D eigenvalue weighted by Gasteiger charge is -2.40. The number of rotatable bonds is 7. The van der Waals surface area contributed by atoms with Crippen molar-refractivity contribution in [3.63, 3.8) is 0 Å². The number of fused-ring (bicyclic) bond motifs is 1. The molecule has 0 atom stereocenters. The largest absolute Gasteiger partial charge is 0.416 e. The Balaban J connectivity index is 1.29. The lowest BCUT2D eigenvalue weighted by atomic mass is 9.93. The molecule has 3 aromatic carbocycles. The fourth-order valence-electron chi connectivity index (χ4n) is 7.34. The first-order chi connectivity index (χ1) is 21.8. The number of hydrogen-bond donors (Lipinski definition) is 1. The van der Waals surface area contributed by atoms with Gasteiger partial charge in [0.05, 0.1) is 27.9 Å².